The van der Waals surface area contributed by atoms with Crippen LogP contribution in [0, 0.1) is 0 Å². The number of hydrogen-bond acceptors (Lipinski definition) is 4. The topological polar surface area (TPSA) is 52.6 Å². The van der Waals surface area contributed by atoms with Crippen LogP contribution in [0.3, 0.4) is 0 Å². The summed E-state index contributed by atoms with van der Waals surface area (Å²) in [6, 6.07) is 0. The first kappa shape index (κ1) is 23.3. The Kier molecular flexibility index (Phi) is 17.4. The quantitative estimate of drug-likeness (QED) is 0.247. The van der Waals surface area contributed by atoms with Gasteiger partial charge in [0.25, 0.3) is 0 Å². The third-order valence-corrected chi connectivity index (χ3v) is 4.56. The number of carbonyl (C=O) groups is 1. The Balaban J connectivity index is 0. The van der Waals surface area contributed by atoms with Crippen molar-refractivity contribution in [1.82, 2.24) is 0 Å². The average Bonchev–Trinajstić information content (AvgIpc) is 2.36. The molecule has 0 amide bonds. The van der Waals surface area contributed by atoms with E-state index < -0.39 is 12.8 Å². The second kappa shape index (κ2) is 14.9. The zero-order chi connectivity index (χ0) is 14.6. The molecule has 0 N–H and O–H groups in total. The molecule has 0 bridgehead atoms. The van der Waals surface area contributed by atoms with Crippen LogP contribution in [0.1, 0.15) is 71.1 Å². The molecule has 0 aliphatic rings. The first-order chi connectivity index (χ1) is 9.02. The van der Waals surface area contributed by atoms with E-state index in [1.54, 1.807) is 0 Å². The number of thiol groups is 1. The number of unbranched alkanes of at least 4 members (excludes halogenated alkanes) is 8. The Bertz CT molecular complexity index is 290. The Labute approximate surface area is 150 Å². The minimum absolute atomic E-state index is 0. The molecule has 0 saturated heterocycles. The fourth-order valence-electron chi connectivity index (χ4n) is 1.79. The van der Waals surface area contributed by atoms with Gasteiger partial charge in [-0.25, -0.2) is 4.57 Å². The average molecular weight is 334 g/mol. The van der Waals surface area contributed by atoms with Gasteiger partial charge >= 0.3 is 42.3 Å². The number of hydrogen-bond donors (Lipinski definition) is 1. The third-order valence-electron chi connectivity index (χ3n) is 2.93. The van der Waals surface area contributed by atoms with Gasteiger partial charge in [0.05, 0.1) is 0 Å². The van der Waals surface area contributed by atoms with Gasteiger partial charge in [0.15, 0.2) is 0 Å². The molecule has 0 aromatic heterocycles. The molecule has 4 nitrogen and oxygen atoms in total. The van der Waals surface area contributed by atoms with Crippen LogP contribution in [-0.2, 0) is 18.4 Å². The maximum atomic E-state index is 11.3. The normalized spacial score (nSPS) is 13.3. The van der Waals surface area contributed by atoms with Crippen LogP contribution in [0.4, 0.5) is 0 Å². The van der Waals surface area contributed by atoms with E-state index in [4.69, 9.17) is 0 Å². The van der Waals surface area contributed by atoms with Crippen molar-refractivity contribution in [3.8, 4) is 0 Å². The van der Waals surface area contributed by atoms with Crippen LogP contribution >= 0.6 is 19.0 Å². The molecule has 0 spiro atoms. The molecule has 0 aromatic rings. The molecule has 1 unspecified atom stereocenters. The molecule has 116 valence electrons. The first-order valence-corrected chi connectivity index (χ1v) is 9.82. The predicted molar refractivity (Wildman–Crippen MR) is 88.7 cm³/mol. The fourth-order valence-corrected chi connectivity index (χ4v) is 2.49. The van der Waals surface area contributed by atoms with E-state index in [1.807, 2.05) is 0 Å². The molecule has 0 aromatic carbocycles. The van der Waals surface area contributed by atoms with Gasteiger partial charge in [-0.05, 0) is 18.7 Å². The summed E-state index contributed by atoms with van der Waals surface area (Å²) in [4.78, 5) is 11.3. The molecular weight excluding hydrogens is 306 g/mol. The Morgan fingerprint density at radius 1 is 1.00 bits per heavy atom. The van der Waals surface area contributed by atoms with Crippen molar-refractivity contribution in [2.24, 2.45) is 0 Å². The van der Waals surface area contributed by atoms with Crippen LogP contribution in [0.25, 0.3) is 0 Å². The van der Waals surface area contributed by atoms with Crippen LogP contribution in [0.5, 0.6) is 0 Å². The van der Waals surface area contributed by atoms with Gasteiger partial charge in [0.1, 0.15) is 0 Å². The molecular formula is C13H28NaO4PS. The first-order valence-electron chi connectivity index (χ1n) is 7.12. The van der Waals surface area contributed by atoms with Gasteiger partial charge in [0, 0.05) is 13.5 Å². The van der Waals surface area contributed by atoms with Crippen molar-refractivity contribution < 1.29 is 18.4 Å². The third kappa shape index (κ3) is 15.4. The van der Waals surface area contributed by atoms with E-state index >= 15 is 0 Å². The predicted octanol–water partition coefficient (Wildman–Crippen LogP) is 4.49. The van der Waals surface area contributed by atoms with Gasteiger partial charge < -0.3 is 4.52 Å². The van der Waals surface area contributed by atoms with E-state index in [2.05, 4.69) is 28.2 Å². The molecule has 1 atom stereocenters. The molecule has 0 saturated carbocycles. The van der Waals surface area contributed by atoms with Gasteiger partial charge in [0.2, 0.25) is 0 Å². The fraction of sp³-hybridized carbons (Fsp3) is 0.923. The number of carbonyl (C=O) groups excluding carboxylic acids is 1. The molecule has 20 heavy (non-hydrogen) atoms. The Morgan fingerprint density at radius 3 is 1.90 bits per heavy atom. The Morgan fingerprint density at radius 2 is 1.45 bits per heavy atom. The van der Waals surface area contributed by atoms with Gasteiger partial charge in [-0.1, -0.05) is 58.3 Å². The summed E-state index contributed by atoms with van der Waals surface area (Å²) in [6.07, 6.45) is 10.9. The van der Waals surface area contributed by atoms with Crippen LogP contribution in [-0.4, -0.2) is 42.6 Å². The molecule has 0 rings (SSSR count). The standard InChI is InChI=1S/C13H27O4PS.Na.H/c1-3-4-5-6-7-8-9-10-11-12-13(14)17-18(15,19)16-2;;/h3-12H2,1-2H3,(H,15,19);;. The van der Waals surface area contributed by atoms with Crippen LogP contribution in [0.15, 0.2) is 0 Å². The van der Waals surface area contributed by atoms with Crippen molar-refractivity contribution >= 4 is 54.6 Å². The van der Waals surface area contributed by atoms with Crippen LogP contribution < -0.4 is 0 Å². The molecule has 0 radical (unpaired) electrons. The monoisotopic (exact) mass is 334 g/mol. The van der Waals surface area contributed by atoms with Gasteiger partial charge in [-0.2, -0.15) is 0 Å². The van der Waals surface area contributed by atoms with Crippen molar-refractivity contribution in [2.75, 3.05) is 7.11 Å². The summed E-state index contributed by atoms with van der Waals surface area (Å²) in [6.45, 7) is -1.25. The van der Waals surface area contributed by atoms with E-state index in [-0.39, 0.29) is 36.0 Å². The van der Waals surface area contributed by atoms with E-state index in [0.29, 0.717) is 0 Å². The number of rotatable bonds is 12. The molecule has 0 aliphatic carbocycles. The summed E-state index contributed by atoms with van der Waals surface area (Å²) in [7, 11) is 1.21. The SMILES string of the molecule is CCCCCCCCCCCC(=O)OP(=O)(S)OC.[NaH]. The van der Waals surface area contributed by atoms with Gasteiger partial charge in [-0.3, -0.25) is 9.32 Å². The summed E-state index contributed by atoms with van der Waals surface area (Å²) >= 11 is 3.64. The summed E-state index contributed by atoms with van der Waals surface area (Å²) in [5.74, 6) is -0.497. The molecule has 7 heteroatoms. The second-order valence-electron chi connectivity index (χ2n) is 4.69. The Hall–Kier alpha value is 1.01. The maximum absolute atomic E-state index is 11.3. The molecule has 0 aliphatic heterocycles. The second-order valence-corrected chi connectivity index (χ2v) is 7.65. The summed E-state index contributed by atoms with van der Waals surface area (Å²) in [5.41, 5.74) is 0. The van der Waals surface area contributed by atoms with Crippen molar-refractivity contribution in [3.05, 3.63) is 0 Å². The van der Waals surface area contributed by atoms with Crippen molar-refractivity contribution in [3.63, 3.8) is 0 Å². The van der Waals surface area contributed by atoms with Gasteiger partial charge in [-0.15, -0.1) is 0 Å². The van der Waals surface area contributed by atoms with E-state index in [1.165, 1.54) is 45.6 Å². The summed E-state index contributed by atoms with van der Waals surface area (Å²) < 4.78 is 20.3. The minimum atomic E-state index is -3.46. The van der Waals surface area contributed by atoms with Crippen LogP contribution in [0.2, 0.25) is 0 Å². The molecule has 0 fully saturated rings. The van der Waals surface area contributed by atoms with Crippen molar-refractivity contribution in [2.45, 2.75) is 71.1 Å². The zero-order valence-corrected chi connectivity index (χ0v) is 13.9. The zero-order valence-electron chi connectivity index (χ0n) is 12.1. The summed E-state index contributed by atoms with van der Waals surface area (Å²) in [5, 5.41) is 0. The van der Waals surface area contributed by atoms with E-state index in [9.17, 15) is 9.36 Å². The van der Waals surface area contributed by atoms with Crippen molar-refractivity contribution in [1.29, 1.82) is 0 Å². The molecule has 0 heterocycles. The van der Waals surface area contributed by atoms with E-state index in [0.717, 1.165) is 19.3 Å².